The highest BCUT2D eigenvalue weighted by Gasteiger charge is 2.37. The fraction of sp³-hybridized carbons (Fsp3) is 0.345. The summed E-state index contributed by atoms with van der Waals surface area (Å²) >= 11 is 1.43. The Morgan fingerprint density at radius 1 is 1.05 bits per heavy atom. The summed E-state index contributed by atoms with van der Waals surface area (Å²) in [5.41, 5.74) is 0.911. The number of ether oxygens (including phenoxy) is 2. The van der Waals surface area contributed by atoms with Gasteiger partial charge in [0.15, 0.2) is 17.3 Å². The molecule has 0 saturated heterocycles. The van der Waals surface area contributed by atoms with Crippen molar-refractivity contribution in [1.29, 1.82) is 0 Å². The molecule has 5 rings (SSSR count). The third kappa shape index (κ3) is 5.57. The van der Waals surface area contributed by atoms with E-state index < -0.39 is 11.9 Å². The number of hydrogen-bond donors (Lipinski definition) is 1. The second-order valence-corrected chi connectivity index (χ2v) is 10.6. The predicted octanol–water partition coefficient (Wildman–Crippen LogP) is 5.58. The summed E-state index contributed by atoms with van der Waals surface area (Å²) in [5.74, 6) is -0.724. The van der Waals surface area contributed by atoms with Gasteiger partial charge in [0, 0.05) is 22.5 Å². The van der Waals surface area contributed by atoms with Gasteiger partial charge in [-0.25, -0.2) is 4.39 Å². The first kappa shape index (κ1) is 25.9. The summed E-state index contributed by atoms with van der Waals surface area (Å²) in [4.78, 5) is 43.1. The van der Waals surface area contributed by atoms with Gasteiger partial charge in [-0.05, 0) is 55.0 Å². The van der Waals surface area contributed by atoms with E-state index in [1.54, 1.807) is 12.1 Å². The molecule has 1 aliphatic heterocycles. The maximum Gasteiger partial charge on any atom is 0.248 e. The van der Waals surface area contributed by atoms with Crippen LogP contribution < -0.4 is 19.7 Å². The number of hydrogen-bond acceptors (Lipinski definition) is 6. The molecule has 198 valence electrons. The first-order valence-corrected chi connectivity index (χ1v) is 13.6. The molecule has 0 radical (unpaired) electrons. The third-order valence-electron chi connectivity index (χ3n) is 6.95. The van der Waals surface area contributed by atoms with Gasteiger partial charge in [0.25, 0.3) is 0 Å². The van der Waals surface area contributed by atoms with Crippen LogP contribution in [-0.2, 0) is 16.0 Å². The van der Waals surface area contributed by atoms with Crippen LogP contribution in [0.2, 0.25) is 0 Å². The van der Waals surface area contributed by atoms with Gasteiger partial charge < -0.3 is 14.8 Å². The zero-order valence-electron chi connectivity index (χ0n) is 21.1. The first-order chi connectivity index (χ1) is 18.4. The van der Waals surface area contributed by atoms with Crippen LogP contribution in [0.4, 0.5) is 10.1 Å². The normalized spacial score (nSPS) is 15.6. The fourth-order valence-corrected chi connectivity index (χ4v) is 5.76. The van der Waals surface area contributed by atoms with Crippen molar-refractivity contribution < 1.29 is 28.2 Å². The Bertz CT molecular complexity index is 1320. The van der Waals surface area contributed by atoms with Gasteiger partial charge in [0.1, 0.15) is 11.9 Å². The van der Waals surface area contributed by atoms with Crippen molar-refractivity contribution in [2.24, 2.45) is 0 Å². The van der Waals surface area contributed by atoms with Crippen molar-refractivity contribution in [3.05, 3.63) is 75.7 Å². The predicted molar refractivity (Wildman–Crippen MR) is 142 cm³/mol. The molecule has 1 atom stereocenters. The van der Waals surface area contributed by atoms with Gasteiger partial charge in [0.05, 0.1) is 12.1 Å². The largest absolute Gasteiger partial charge is 0.454 e. The minimum Gasteiger partial charge on any atom is -0.454 e. The van der Waals surface area contributed by atoms with Gasteiger partial charge in [-0.15, -0.1) is 11.3 Å². The molecule has 2 heterocycles. The highest BCUT2D eigenvalue weighted by molar-refractivity contribution is 7.10. The summed E-state index contributed by atoms with van der Waals surface area (Å²) in [6.45, 7) is 1.39. The lowest BCUT2D eigenvalue weighted by Gasteiger charge is -2.34. The summed E-state index contributed by atoms with van der Waals surface area (Å²) in [6, 6.07) is 11.2. The molecule has 2 amide bonds. The van der Waals surface area contributed by atoms with Gasteiger partial charge in [-0.3, -0.25) is 19.3 Å². The topological polar surface area (TPSA) is 84.9 Å². The number of nitrogens with one attached hydrogen (secondary N) is 1. The van der Waals surface area contributed by atoms with Crippen LogP contribution in [0, 0.1) is 5.82 Å². The molecule has 2 aliphatic rings. The number of benzene rings is 2. The van der Waals surface area contributed by atoms with Crippen molar-refractivity contribution in [1.82, 2.24) is 5.32 Å². The Balaban J connectivity index is 1.64. The summed E-state index contributed by atoms with van der Waals surface area (Å²) in [5, 5.41) is 5.01. The number of amides is 2. The number of ketones is 1. The molecule has 3 aromatic rings. The quantitative estimate of drug-likeness (QED) is 0.380. The van der Waals surface area contributed by atoms with E-state index in [0.717, 1.165) is 37.0 Å². The van der Waals surface area contributed by atoms with Gasteiger partial charge >= 0.3 is 0 Å². The molecule has 0 unspecified atom stereocenters. The van der Waals surface area contributed by atoms with Crippen molar-refractivity contribution in [2.75, 3.05) is 11.7 Å². The maximum atomic E-state index is 14.1. The molecule has 1 aromatic heterocycles. The lowest BCUT2D eigenvalue weighted by atomic mass is 9.94. The number of Topliss-reactive ketones (excluding diaryl/α,β-unsaturated/α-hetero) is 1. The smallest absolute Gasteiger partial charge is 0.248 e. The molecular formula is C29H29FN2O5S. The number of thiophene rings is 1. The van der Waals surface area contributed by atoms with E-state index in [1.807, 2.05) is 17.5 Å². The molecular weight excluding hydrogens is 507 g/mol. The lowest BCUT2D eigenvalue weighted by molar-refractivity contribution is -0.127. The van der Waals surface area contributed by atoms with E-state index in [-0.39, 0.29) is 48.1 Å². The van der Waals surface area contributed by atoms with Crippen LogP contribution in [0.25, 0.3) is 0 Å². The number of rotatable bonds is 8. The summed E-state index contributed by atoms with van der Waals surface area (Å²) < 4.78 is 25.0. The van der Waals surface area contributed by atoms with E-state index in [1.165, 1.54) is 47.4 Å². The van der Waals surface area contributed by atoms with Crippen LogP contribution in [0.3, 0.4) is 0 Å². The molecule has 1 N–H and O–H groups in total. The lowest BCUT2D eigenvalue weighted by Crippen LogP contribution is -2.48. The Morgan fingerprint density at radius 2 is 1.76 bits per heavy atom. The second kappa shape index (κ2) is 11.3. The van der Waals surface area contributed by atoms with E-state index >= 15 is 0 Å². The van der Waals surface area contributed by atoms with E-state index in [4.69, 9.17) is 9.47 Å². The fourth-order valence-electron chi connectivity index (χ4n) is 5.07. The monoisotopic (exact) mass is 536 g/mol. The molecule has 7 nitrogen and oxygen atoms in total. The van der Waals surface area contributed by atoms with E-state index in [2.05, 4.69) is 5.32 Å². The van der Waals surface area contributed by atoms with Crippen molar-refractivity contribution in [2.45, 2.75) is 57.5 Å². The Labute approximate surface area is 224 Å². The zero-order chi connectivity index (χ0) is 26.6. The van der Waals surface area contributed by atoms with Gasteiger partial charge in [-0.2, -0.15) is 0 Å². The molecule has 9 heteroatoms. The Hall–Kier alpha value is -3.72. The molecule has 38 heavy (non-hydrogen) atoms. The highest BCUT2D eigenvalue weighted by atomic mass is 32.1. The molecule has 0 bridgehead atoms. The second-order valence-electron chi connectivity index (χ2n) is 9.60. The van der Waals surface area contributed by atoms with Crippen molar-refractivity contribution >= 4 is 34.6 Å². The third-order valence-corrected chi connectivity index (χ3v) is 7.82. The van der Waals surface area contributed by atoms with Crippen molar-refractivity contribution in [3.63, 3.8) is 0 Å². The number of fused-ring (bicyclic) bond motifs is 1. The van der Waals surface area contributed by atoms with Crippen LogP contribution in [-0.4, -0.2) is 30.4 Å². The van der Waals surface area contributed by atoms with Crippen LogP contribution in [0.5, 0.6) is 11.5 Å². The molecule has 1 fully saturated rings. The summed E-state index contributed by atoms with van der Waals surface area (Å²) in [6.07, 6.45) is 4.89. The highest BCUT2D eigenvalue weighted by Crippen LogP contribution is 2.41. The minimum absolute atomic E-state index is 0.0111. The average molecular weight is 537 g/mol. The van der Waals surface area contributed by atoms with Crippen LogP contribution in [0.1, 0.15) is 65.9 Å². The molecule has 1 saturated carbocycles. The minimum atomic E-state index is -1.14. The molecule has 0 spiro atoms. The molecule has 2 aromatic carbocycles. The van der Waals surface area contributed by atoms with E-state index in [9.17, 15) is 18.8 Å². The maximum absolute atomic E-state index is 14.1. The number of carbonyl (C=O) groups is 3. The van der Waals surface area contributed by atoms with Gasteiger partial charge in [-0.1, -0.05) is 37.5 Å². The first-order valence-electron chi connectivity index (χ1n) is 12.8. The van der Waals surface area contributed by atoms with Crippen LogP contribution in [0.15, 0.2) is 53.9 Å². The van der Waals surface area contributed by atoms with Crippen molar-refractivity contribution in [3.8, 4) is 11.5 Å². The number of carbonyl (C=O) groups excluding carboxylic acids is 3. The number of anilines is 1. The number of halogens is 1. The SMILES string of the molecule is CC(=O)c1cc2c(cc1N(C(=O)Cc1cccs1)[C@@H](C(=O)NC1CCCCC1)c1ccc(F)cc1)OCO2. The molecule has 1 aliphatic carbocycles. The number of nitrogens with zero attached hydrogens (tertiary/aromatic N) is 1. The standard InChI is InChI=1S/C29H29FN2O5S/c1-18(33)23-15-25-26(37-17-36-25)16-24(23)32(27(34)14-22-8-5-13-38-22)28(19-9-11-20(30)12-10-19)29(35)31-21-6-3-2-4-7-21/h5,8-13,15-16,21,28H,2-4,6-7,14,17H2,1H3,(H,31,35)/t28-/m1/s1. The average Bonchev–Trinajstić information content (AvgIpc) is 3.59. The Morgan fingerprint density at radius 3 is 2.42 bits per heavy atom. The van der Waals surface area contributed by atoms with Gasteiger partial charge in [0.2, 0.25) is 18.6 Å². The zero-order valence-corrected chi connectivity index (χ0v) is 21.9. The van der Waals surface area contributed by atoms with Crippen LogP contribution >= 0.6 is 11.3 Å². The van der Waals surface area contributed by atoms with E-state index in [0.29, 0.717) is 17.1 Å². The summed E-state index contributed by atoms with van der Waals surface area (Å²) in [7, 11) is 0. The Kier molecular flexibility index (Phi) is 7.74.